The summed E-state index contributed by atoms with van der Waals surface area (Å²) in [5.74, 6) is 1.15. The van der Waals surface area contributed by atoms with E-state index in [0.29, 0.717) is 0 Å². The first-order chi connectivity index (χ1) is 8.25. The molecule has 1 heterocycles. The van der Waals surface area contributed by atoms with Gasteiger partial charge < -0.3 is 10.2 Å². The zero-order valence-electron chi connectivity index (χ0n) is 10.5. The minimum Gasteiger partial charge on any atom is -0.353 e. The molecule has 17 heavy (non-hydrogen) atoms. The molecule has 1 saturated carbocycles. The first-order valence-electron chi connectivity index (χ1n) is 6.13. The van der Waals surface area contributed by atoms with Gasteiger partial charge in [0.15, 0.2) is 4.34 Å². The van der Waals surface area contributed by atoms with Crippen LogP contribution in [0.1, 0.15) is 25.7 Å². The van der Waals surface area contributed by atoms with Crippen molar-refractivity contribution in [1.29, 1.82) is 0 Å². The number of unbranched alkanes of at least 4 members (excludes halogenated alkanes) is 1. The molecule has 96 valence electrons. The second kappa shape index (κ2) is 6.56. The maximum absolute atomic E-state index is 4.17. The van der Waals surface area contributed by atoms with E-state index in [1.165, 1.54) is 32.2 Å². The number of hydrogen-bond acceptors (Lipinski definition) is 6. The van der Waals surface area contributed by atoms with Gasteiger partial charge in [-0.15, -0.1) is 10.2 Å². The Bertz CT molecular complexity index is 336. The first-order valence-corrected chi connectivity index (χ1v) is 7.93. The molecule has 0 saturated heterocycles. The highest BCUT2D eigenvalue weighted by molar-refractivity contribution is 8.01. The Morgan fingerprint density at radius 3 is 2.82 bits per heavy atom. The average Bonchev–Trinajstić information content (AvgIpc) is 3.00. The fraction of sp³-hybridized carbons (Fsp3) is 0.818. The Balaban J connectivity index is 1.54. The van der Waals surface area contributed by atoms with Gasteiger partial charge in [-0.2, -0.15) is 0 Å². The van der Waals surface area contributed by atoms with Gasteiger partial charge in [0, 0.05) is 25.9 Å². The maximum atomic E-state index is 4.17. The second-order valence-corrected chi connectivity index (χ2v) is 6.83. The van der Waals surface area contributed by atoms with Gasteiger partial charge >= 0.3 is 0 Å². The quantitative estimate of drug-likeness (QED) is 0.580. The molecule has 4 nitrogen and oxygen atoms in total. The van der Waals surface area contributed by atoms with Gasteiger partial charge in [-0.05, 0) is 32.2 Å². The summed E-state index contributed by atoms with van der Waals surface area (Å²) in [5, 5.41) is 12.8. The molecular weight excluding hydrogens is 252 g/mol. The Labute approximate surface area is 111 Å². The molecule has 2 rings (SSSR count). The summed E-state index contributed by atoms with van der Waals surface area (Å²) in [5.41, 5.74) is 0. The van der Waals surface area contributed by atoms with Gasteiger partial charge in [0.25, 0.3) is 0 Å². The van der Waals surface area contributed by atoms with E-state index in [-0.39, 0.29) is 0 Å². The van der Waals surface area contributed by atoms with E-state index < -0.39 is 0 Å². The van der Waals surface area contributed by atoms with Gasteiger partial charge in [0.05, 0.1) is 0 Å². The summed E-state index contributed by atoms with van der Waals surface area (Å²) in [6.45, 7) is 1.17. The highest BCUT2D eigenvalue weighted by atomic mass is 32.2. The second-order valence-electron chi connectivity index (χ2n) is 4.53. The molecule has 0 aromatic carbocycles. The lowest BCUT2D eigenvalue weighted by Crippen LogP contribution is -2.17. The van der Waals surface area contributed by atoms with Crippen molar-refractivity contribution in [1.82, 2.24) is 15.5 Å². The van der Waals surface area contributed by atoms with Gasteiger partial charge in [0.2, 0.25) is 5.13 Å². The Kier molecular flexibility index (Phi) is 5.06. The highest BCUT2D eigenvalue weighted by Crippen LogP contribution is 2.27. The van der Waals surface area contributed by atoms with Gasteiger partial charge in [-0.1, -0.05) is 23.1 Å². The van der Waals surface area contributed by atoms with Crippen LogP contribution in [0.25, 0.3) is 0 Å². The van der Waals surface area contributed by atoms with Crippen LogP contribution < -0.4 is 10.2 Å². The third-order valence-corrected chi connectivity index (χ3v) is 4.90. The van der Waals surface area contributed by atoms with Crippen LogP contribution in [0.4, 0.5) is 5.13 Å². The van der Waals surface area contributed by atoms with E-state index in [2.05, 4.69) is 15.5 Å². The van der Waals surface area contributed by atoms with Crippen molar-refractivity contribution in [2.75, 3.05) is 31.3 Å². The highest BCUT2D eigenvalue weighted by Gasteiger charge is 2.19. The molecule has 0 atom stereocenters. The topological polar surface area (TPSA) is 41.1 Å². The Morgan fingerprint density at radius 1 is 1.35 bits per heavy atom. The third-order valence-electron chi connectivity index (χ3n) is 2.59. The molecule has 0 radical (unpaired) electrons. The summed E-state index contributed by atoms with van der Waals surface area (Å²) < 4.78 is 1.09. The number of anilines is 1. The largest absolute Gasteiger partial charge is 0.353 e. The summed E-state index contributed by atoms with van der Waals surface area (Å²) in [4.78, 5) is 2.00. The summed E-state index contributed by atoms with van der Waals surface area (Å²) >= 11 is 3.49. The van der Waals surface area contributed by atoms with E-state index in [1.807, 2.05) is 30.8 Å². The van der Waals surface area contributed by atoms with E-state index >= 15 is 0 Å². The lowest BCUT2D eigenvalue weighted by Gasteiger charge is -2.03. The standard InChI is InChI=1S/C11H20N4S2/c1-15(2)10-13-14-11(17-10)16-8-4-3-7-12-9-5-6-9/h9,12H,3-8H2,1-2H3. The zero-order valence-corrected chi connectivity index (χ0v) is 12.1. The lowest BCUT2D eigenvalue weighted by molar-refractivity contribution is 0.640. The van der Waals surface area contributed by atoms with Crippen LogP contribution in [0.3, 0.4) is 0 Å². The molecule has 6 heteroatoms. The lowest BCUT2D eigenvalue weighted by atomic mass is 10.3. The van der Waals surface area contributed by atoms with Crippen molar-refractivity contribution in [3.63, 3.8) is 0 Å². The van der Waals surface area contributed by atoms with Crippen LogP contribution in [0.15, 0.2) is 4.34 Å². The molecule has 1 aromatic rings. The van der Waals surface area contributed by atoms with Crippen LogP contribution in [-0.4, -0.2) is 42.6 Å². The van der Waals surface area contributed by atoms with Crippen LogP contribution in [0.5, 0.6) is 0 Å². The molecule has 0 amide bonds. The van der Waals surface area contributed by atoms with Crippen molar-refractivity contribution in [3.8, 4) is 0 Å². The third kappa shape index (κ3) is 4.81. The average molecular weight is 272 g/mol. The number of rotatable bonds is 8. The number of nitrogens with one attached hydrogen (secondary N) is 1. The molecule has 0 spiro atoms. The molecule has 0 bridgehead atoms. The molecule has 1 aliphatic rings. The van der Waals surface area contributed by atoms with Crippen molar-refractivity contribution in [3.05, 3.63) is 0 Å². The van der Waals surface area contributed by atoms with E-state index in [4.69, 9.17) is 0 Å². The molecule has 1 aliphatic carbocycles. The smallest absolute Gasteiger partial charge is 0.208 e. The minimum atomic E-state index is 0.841. The molecule has 1 aromatic heterocycles. The van der Waals surface area contributed by atoms with Crippen molar-refractivity contribution < 1.29 is 0 Å². The van der Waals surface area contributed by atoms with Crippen molar-refractivity contribution >= 4 is 28.2 Å². The zero-order chi connectivity index (χ0) is 12.1. The van der Waals surface area contributed by atoms with Crippen LogP contribution in [0, 0.1) is 0 Å². The van der Waals surface area contributed by atoms with Gasteiger partial charge in [-0.3, -0.25) is 0 Å². The fourth-order valence-electron chi connectivity index (χ4n) is 1.42. The Morgan fingerprint density at radius 2 is 2.18 bits per heavy atom. The van der Waals surface area contributed by atoms with Crippen molar-refractivity contribution in [2.24, 2.45) is 0 Å². The van der Waals surface area contributed by atoms with E-state index in [0.717, 1.165) is 21.3 Å². The predicted octanol–water partition coefficient (Wildman–Crippen LogP) is 2.23. The Hall–Kier alpha value is -0.330. The van der Waals surface area contributed by atoms with Crippen molar-refractivity contribution in [2.45, 2.75) is 36.1 Å². The fourth-order valence-corrected chi connectivity index (χ4v) is 3.25. The first kappa shape index (κ1) is 13.1. The molecule has 0 unspecified atom stereocenters. The summed E-state index contributed by atoms with van der Waals surface area (Å²) in [7, 11) is 4.00. The number of aromatic nitrogens is 2. The normalized spacial score (nSPS) is 15.2. The van der Waals surface area contributed by atoms with E-state index in [1.54, 1.807) is 11.3 Å². The van der Waals surface area contributed by atoms with Gasteiger partial charge in [-0.25, -0.2) is 0 Å². The van der Waals surface area contributed by atoms with Crippen LogP contribution >= 0.6 is 23.1 Å². The predicted molar refractivity (Wildman–Crippen MR) is 75.2 cm³/mol. The number of hydrogen-bond donors (Lipinski definition) is 1. The minimum absolute atomic E-state index is 0.841. The van der Waals surface area contributed by atoms with Gasteiger partial charge in [0.1, 0.15) is 0 Å². The molecule has 1 N–H and O–H groups in total. The molecule has 1 fully saturated rings. The monoisotopic (exact) mass is 272 g/mol. The number of nitrogens with zero attached hydrogens (tertiary/aromatic N) is 3. The molecule has 0 aliphatic heterocycles. The molecular formula is C11H20N4S2. The summed E-state index contributed by atoms with van der Waals surface area (Å²) in [6, 6.07) is 0.841. The van der Waals surface area contributed by atoms with E-state index in [9.17, 15) is 0 Å². The summed E-state index contributed by atoms with van der Waals surface area (Å²) in [6.07, 6.45) is 5.28. The SMILES string of the molecule is CN(C)c1nnc(SCCCCNC2CC2)s1. The number of thioether (sulfide) groups is 1. The van der Waals surface area contributed by atoms with Crippen LogP contribution in [-0.2, 0) is 0 Å². The van der Waals surface area contributed by atoms with Crippen LogP contribution in [0.2, 0.25) is 0 Å². The maximum Gasteiger partial charge on any atom is 0.208 e.